The van der Waals surface area contributed by atoms with Crippen molar-refractivity contribution in [1.29, 1.82) is 0 Å². The van der Waals surface area contributed by atoms with Crippen molar-refractivity contribution >= 4 is 28.4 Å². The van der Waals surface area contributed by atoms with Gasteiger partial charge in [0.15, 0.2) is 0 Å². The Bertz CT molecular complexity index is 1030. The summed E-state index contributed by atoms with van der Waals surface area (Å²) in [6.45, 7) is 4.42. The molecule has 4 rings (SSSR count). The van der Waals surface area contributed by atoms with E-state index in [0.29, 0.717) is 12.1 Å². The van der Waals surface area contributed by atoms with Crippen LogP contribution in [0.25, 0.3) is 10.9 Å². The fourth-order valence-corrected chi connectivity index (χ4v) is 3.92. The first-order valence-corrected chi connectivity index (χ1v) is 9.21. The second-order valence-corrected chi connectivity index (χ2v) is 7.43. The topological polar surface area (TPSA) is 54.3 Å². The average Bonchev–Trinajstić information content (AvgIpc) is 3.17. The molecule has 5 heteroatoms. The molecule has 2 aromatic carbocycles. The van der Waals surface area contributed by atoms with Crippen LogP contribution >= 0.6 is 0 Å². The number of carbonyl (C=O) groups is 2. The molecule has 0 radical (unpaired) electrons. The Hall–Kier alpha value is -3.08. The van der Waals surface area contributed by atoms with Crippen molar-refractivity contribution in [3.63, 3.8) is 0 Å². The summed E-state index contributed by atoms with van der Waals surface area (Å²) in [6, 6.07) is 14.9. The summed E-state index contributed by atoms with van der Waals surface area (Å²) < 4.78 is 2.02. The van der Waals surface area contributed by atoms with Crippen LogP contribution in [-0.2, 0) is 18.4 Å². The maximum Gasteiger partial charge on any atom is 0.255 e. The Kier molecular flexibility index (Phi) is 4.22. The van der Waals surface area contributed by atoms with E-state index in [-0.39, 0.29) is 17.7 Å². The van der Waals surface area contributed by atoms with Crippen molar-refractivity contribution in [2.45, 2.75) is 26.4 Å². The third-order valence-corrected chi connectivity index (χ3v) is 5.27. The molecule has 1 aliphatic rings. The quantitative estimate of drug-likeness (QED) is 0.768. The highest BCUT2D eigenvalue weighted by Gasteiger charge is 2.38. The maximum absolute atomic E-state index is 13.2. The first kappa shape index (κ1) is 17.3. The molecule has 1 aromatic heterocycles. The molecule has 0 unspecified atom stereocenters. The molecule has 2 heterocycles. The molecule has 1 atom stereocenters. The van der Waals surface area contributed by atoms with Gasteiger partial charge in [0.2, 0.25) is 5.91 Å². The molecule has 0 bridgehead atoms. The van der Waals surface area contributed by atoms with Crippen molar-refractivity contribution in [3.05, 3.63) is 65.9 Å². The molecule has 138 valence electrons. The minimum Gasteiger partial charge on any atom is -0.350 e. The fourth-order valence-electron chi connectivity index (χ4n) is 3.92. The van der Waals surface area contributed by atoms with Crippen molar-refractivity contribution in [3.8, 4) is 0 Å². The highest BCUT2D eigenvalue weighted by atomic mass is 16.2. The van der Waals surface area contributed by atoms with Gasteiger partial charge >= 0.3 is 0 Å². The third-order valence-electron chi connectivity index (χ3n) is 5.27. The number of benzene rings is 2. The highest BCUT2D eigenvalue weighted by molar-refractivity contribution is 6.06. The lowest BCUT2D eigenvalue weighted by molar-refractivity contribution is -0.122. The lowest BCUT2D eigenvalue weighted by Crippen LogP contribution is -2.47. The average molecular weight is 361 g/mol. The molecule has 3 aromatic rings. The predicted molar refractivity (Wildman–Crippen MR) is 106 cm³/mol. The predicted octanol–water partition coefficient (Wildman–Crippen LogP) is 3.80. The summed E-state index contributed by atoms with van der Waals surface area (Å²) in [5.41, 5.74) is 3.50. The molecule has 0 saturated heterocycles. The van der Waals surface area contributed by atoms with Gasteiger partial charge in [-0.15, -0.1) is 0 Å². The van der Waals surface area contributed by atoms with Crippen LogP contribution in [0.4, 0.5) is 5.69 Å². The molecule has 0 fully saturated rings. The first-order valence-electron chi connectivity index (χ1n) is 9.21. The number of rotatable bonds is 4. The van der Waals surface area contributed by atoms with Crippen LogP contribution in [0, 0.1) is 5.92 Å². The largest absolute Gasteiger partial charge is 0.350 e. The summed E-state index contributed by atoms with van der Waals surface area (Å²) in [5.74, 6) is -0.224. The van der Waals surface area contributed by atoms with Gasteiger partial charge in [0.05, 0.1) is 5.69 Å². The molecule has 2 amide bonds. The number of anilines is 1. The normalized spacial score (nSPS) is 14.7. The van der Waals surface area contributed by atoms with Crippen LogP contribution in [0.15, 0.2) is 54.7 Å². The lowest BCUT2D eigenvalue weighted by atomic mass is 10.0. The molecule has 0 spiro atoms. The van der Waals surface area contributed by atoms with Gasteiger partial charge in [-0.25, -0.2) is 0 Å². The Balaban J connectivity index is 1.63. The Morgan fingerprint density at radius 3 is 2.59 bits per heavy atom. The van der Waals surface area contributed by atoms with Crippen LogP contribution < -0.4 is 5.32 Å². The highest BCUT2D eigenvalue weighted by Crippen LogP contribution is 2.29. The number of nitrogens with zero attached hydrogens (tertiary/aromatic N) is 2. The second kappa shape index (κ2) is 6.58. The van der Waals surface area contributed by atoms with Crippen molar-refractivity contribution in [2.75, 3.05) is 5.32 Å². The Labute approximate surface area is 158 Å². The molecular formula is C22H23N3O2. The van der Waals surface area contributed by atoms with E-state index >= 15 is 0 Å². The van der Waals surface area contributed by atoms with Crippen molar-refractivity contribution < 1.29 is 9.59 Å². The number of nitrogens with one attached hydrogen (secondary N) is 1. The summed E-state index contributed by atoms with van der Waals surface area (Å²) in [7, 11) is 1.98. The Morgan fingerprint density at radius 1 is 1.07 bits per heavy atom. The zero-order chi connectivity index (χ0) is 19.1. The minimum atomic E-state index is -0.524. The monoisotopic (exact) mass is 361 g/mol. The van der Waals surface area contributed by atoms with Crippen LogP contribution in [0.5, 0.6) is 0 Å². The standard InChI is InChI=1S/C22H23N3O2/c1-14(2)20(25-13-15-7-4-5-8-16(15)22(25)27)21(26)23-18-9-6-10-19-17(18)11-12-24(19)3/h4-12,14,20H,13H2,1-3H3,(H,23,26)/t20-/m1/s1. The van der Waals surface area contributed by atoms with Crippen molar-refractivity contribution in [2.24, 2.45) is 13.0 Å². The SMILES string of the molecule is CC(C)[C@H](C(=O)Nc1cccc2c1ccn2C)N1Cc2ccccc2C1=O. The van der Waals surface area contributed by atoms with E-state index < -0.39 is 6.04 Å². The summed E-state index contributed by atoms with van der Waals surface area (Å²) in [5, 5.41) is 4.05. The van der Waals surface area contributed by atoms with E-state index in [1.807, 2.05) is 80.2 Å². The van der Waals surface area contributed by atoms with Gasteiger partial charge in [-0.05, 0) is 35.7 Å². The maximum atomic E-state index is 13.2. The van der Waals surface area contributed by atoms with Gasteiger partial charge in [-0.2, -0.15) is 0 Å². The fraction of sp³-hybridized carbons (Fsp3) is 0.273. The number of amides is 2. The van der Waals surface area contributed by atoms with E-state index in [2.05, 4.69) is 5.32 Å². The molecule has 1 N–H and O–H groups in total. The van der Waals surface area contributed by atoms with Crippen LogP contribution in [0.1, 0.15) is 29.8 Å². The number of aryl methyl sites for hydroxylation is 1. The molecular weight excluding hydrogens is 338 g/mol. The third kappa shape index (κ3) is 2.89. The van der Waals surface area contributed by atoms with E-state index in [4.69, 9.17) is 0 Å². The number of carbonyl (C=O) groups excluding carboxylic acids is 2. The van der Waals surface area contributed by atoms with Gasteiger partial charge < -0.3 is 14.8 Å². The van der Waals surface area contributed by atoms with Gasteiger partial charge in [0.1, 0.15) is 6.04 Å². The van der Waals surface area contributed by atoms with Crippen LogP contribution in [0.2, 0.25) is 0 Å². The molecule has 5 nitrogen and oxygen atoms in total. The zero-order valence-electron chi connectivity index (χ0n) is 15.8. The number of fused-ring (bicyclic) bond motifs is 2. The second-order valence-electron chi connectivity index (χ2n) is 7.43. The molecule has 27 heavy (non-hydrogen) atoms. The Morgan fingerprint density at radius 2 is 1.85 bits per heavy atom. The number of aromatic nitrogens is 1. The molecule has 1 aliphatic heterocycles. The van der Waals surface area contributed by atoms with E-state index in [9.17, 15) is 9.59 Å². The molecule has 0 aliphatic carbocycles. The number of hydrogen-bond acceptors (Lipinski definition) is 2. The van der Waals surface area contributed by atoms with Crippen LogP contribution in [-0.4, -0.2) is 27.3 Å². The first-order chi connectivity index (χ1) is 13.0. The van der Waals surface area contributed by atoms with Crippen LogP contribution in [0.3, 0.4) is 0 Å². The number of hydrogen-bond donors (Lipinski definition) is 1. The minimum absolute atomic E-state index is 0.00163. The van der Waals surface area contributed by atoms with Gasteiger partial charge in [-0.1, -0.05) is 38.1 Å². The lowest BCUT2D eigenvalue weighted by Gasteiger charge is -2.30. The summed E-state index contributed by atoms with van der Waals surface area (Å²) in [4.78, 5) is 27.7. The zero-order valence-corrected chi connectivity index (χ0v) is 15.8. The molecule has 0 saturated carbocycles. The summed E-state index contributed by atoms with van der Waals surface area (Å²) in [6.07, 6.45) is 1.97. The van der Waals surface area contributed by atoms with Gasteiger partial charge in [-0.3, -0.25) is 9.59 Å². The summed E-state index contributed by atoms with van der Waals surface area (Å²) >= 11 is 0. The van der Waals surface area contributed by atoms with E-state index in [1.165, 1.54) is 0 Å². The van der Waals surface area contributed by atoms with Crippen molar-refractivity contribution in [1.82, 2.24) is 9.47 Å². The van der Waals surface area contributed by atoms with Gasteiger partial charge in [0.25, 0.3) is 5.91 Å². The van der Waals surface area contributed by atoms with Gasteiger partial charge in [0, 0.05) is 36.3 Å². The van der Waals surface area contributed by atoms with E-state index in [0.717, 1.165) is 22.2 Å². The van der Waals surface area contributed by atoms with E-state index in [1.54, 1.807) is 4.90 Å². The smallest absolute Gasteiger partial charge is 0.255 e.